The van der Waals surface area contributed by atoms with E-state index in [0.29, 0.717) is 0 Å². The molecule has 1 amide bonds. The summed E-state index contributed by atoms with van der Waals surface area (Å²) in [7, 11) is 0. The molecule has 1 aliphatic carbocycles. The fourth-order valence-corrected chi connectivity index (χ4v) is 2.31. The molecule has 1 atom stereocenters. The van der Waals surface area contributed by atoms with E-state index in [1.54, 1.807) is 0 Å². The molecule has 2 aromatic rings. The molecule has 0 heterocycles. The zero-order chi connectivity index (χ0) is 19.7. The van der Waals surface area contributed by atoms with Crippen LogP contribution >= 0.6 is 0 Å². The number of esters is 1. The van der Waals surface area contributed by atoms with Gasteiger partial charge in [-0.3, -0.25) is 4.79 Å². The van der Waals surface area contributed by atoms with Crippen LogP contribution in [-0.2, 0) is 9.53 Å². The lowest BCUT2D eigenvalue weighted by atomic mass is 10.1. The van der Waals surface area contributed by atoms with Crippen molar-refractivity contribution < 1.29 is 36.3 Å². The van der Waals surface area contributed by atoms with Crippen molar-refractivity contribution in [1.82, 2.24) is 5.32 Å². The highest BCUT2D eigenvalue weighted by Gasteiger charge is 2.33. The van der Waals surface area contributed by atoms with Crippen molar-refractivity contribution >= 4 is 11.9 Å². The van der Waals surface area contributed by atoms with Crippen LogP contribution in [0.25, 0.3) is 0 Å². The molecule has 1 aliphatic rings. The Morgan fingerprint density at radius 3 is 2.19 bits per heavy atom. The van der Waals surface area contributed by atoms with Gasteiger partial charge in [0.25, 0.3) is 5.91 Å². The highest BCUT2D eigenvalue weighted by Crippen LogP contribution is 2.26. The molecular weight excluding hydrogens is 373 g/mol. The SMILES string of the molecule is O=C(O[C@H](C(=O)NC1CC1)c1ccc(F)cc1)c1cc(F)c(F)c(F)c1F. The number of carbonyl (C=O) groups excluding carboxylic acids is 2. The molecule has 4 nitrogen and oxygen atoms in total. The summed E-state index contributed by atoms with van der Waals surface area (Å²) in [4.78, 5) is 24.5. The maximum Gasteiger partial charge on any atom is 0.342 e. The van der Waals surface area contributed by atoms with E-state index in [4.69, 9.17) is 4.74 Å². The standard InChI is InChI=1S/C18H12F5NO3/c19-9-3-1-8(2-4-9)16(17(25)24-10-5-6-10)27-18(26)11-7-12(20)14(22)15(23)13(11)21/h1-4,7,10,16H,5-6H2,(H,24,25)/t16-/m0/s1. The second kappa shape index (κ2) is 7.34. The van der Waals surface area contributed by atoms with E-state index in [-0.39, 0.29) is 17.7 Å². The van der Waals surface area contributed by atoms with E-state index in [1.807, 2.05) is 0 Å². The quantitative estimate of drug-likeness (QED) is 0.371. The lowest BCUT2D eigenvalue weighted by Crippen LogP contribution is -2.33. The van der Waals surface area contributed by atoms with Crippen LogP contribution in [0.2, 0.25) is 0 Å². The van der Waals surface area contributed by atoms with Gasteiger partial charge in [0, 0.05) is 11.6 Å². The maximum atomic E-state index is 13.8. The van der Waals surface area contributed by atoms with Crippen LogP contribution in [0, 0.1) is 29.1 Å². The van der Waals surface area contributed by atoms with Gasteiger partial charge in [-0.25, -0.2) is 26.7 Å². The van der Waals surface area contributed by atoms with Crippen molar-refractivity contribution in [2.75, 3.05) is 0 Å². The Morgan fingerprint density at radius 1 is 0.963 bits per heavy atom. The molecule has 9 heteroatoms. The normalized spacial score (nSPS) is 14.6. The molecule has 142 valence electrons. The highest BCUT2D eigenvalue weighted by atomic mass is 19.2. The summed E-state index contributed by atoms with van der Waals surface area (Å²) in [5, 5.41) is 2.56. The van der Waals surface area contributed by atoms with Gasteiger partial charge in [0.2, 0.25) is 6.10 Å². The summed E-state index contributed by atoms with van der Waals surface area (Å²) < 4.78 is 71.5. The maximum absolute atomic E-state index is 13.8. The Kier molecular flexibility index (Phi) is 5.11. The van der Waals surface area contributed by atoms with Crippen molar-refractivity contribution in [2.45, 2.75) is 25.0 Å². The first-order chi connectivity index (χ1) is 12.8. The van der Waals surface area contributed by atoms with Crippen molar-refractivity contribution in [3.8, 4) is 0 Å². The fraction of sp³-hybridized carbons (Fsp3) is 0.222. The topological polar surface area (TPSA) is 55.4 Å². The van der Waals surface area contributed by atoms with Gasteiger partial charge in [-0.15, -0.1) is 0 Å². The first-order valence-corrected chi connectivity index (χ1v) is 7.87. The Labute approximate surface area is 149 Å². The summed E-state index contributed by atoms with van der Waals surface area (Å²) in [6.07, 6.45) is -0.174. The Balaban J connectivity index is 1.90. The first-order valence-electron chi connectivity index (χ1n) is 7.87. The van der Waals surface area contributed by atoms with E-state index >= 15 is 0 Å². The molecule has 1 N–H and O–H groups in total. The van der Waals surface area contributed by atoms with E-state index < -0.39 is 52.6 Å². The van der Waals surface area contributed by atoms with Crippen LogP contribution in [-0.4, -0.2) is 17.9 Å². The first kappa shape index (κ1) is 18.8. The molecular formula is C18H12F5NO3. The average molecular weight is 385 g/mol. The minimum absolute atomic E-state index is 0.0614. The van der Waals surface area contributed by atoms with E-state index in [9.17, 15) is 31.5 Å². The third kappa shape index (κ3) is 4.07. The molecule has 0 aromatic heterocycles. The Bertz CT molecular complexity index is 897. The van der Waals surface area contributed by atoms with Gasteiger partial charge in [-0.2, -0.15) is 0 Å². The minimum atomic E-state index is -2.18. The van der Waals surface area contributed by atoms with E-state index in [2.05, 4.69) is 5.32 Å². The fourth-order valence-electron chi connectivity index (χ4n) is 2.31. The van der Waals surface area contributed by atoms with Gasteiger partial charge >= 0.3 is 5.97 Å². The van der Waals surface area contributed by atoms with E-state index in [0.717, 1.165) is 25.0 Å². The molecule has 0 radical (unpaired) electrons. The third-order valence-corrected chi connectivity index (χ3v) is 3.88. The monoisotopic (exact) mass is 385 g/mol. The van der Waals surface area contributed by atoms with Crippen LogP contribution in [0.4, 0.5) is 22.0 Å². The van der Waals surface area contributed by atoms with Gasteiger partial charge in [0.05, 0.1) is 0 Å². The Morgan fingerprint density at radius 2 is 1.59 bits per heavy atom. The van der Waals surface area contributed by atoms with Gasteiger partial charge in [0.15, 0.2) is 23.3 Å². The molecule has 2 aromatic carbocycles. The number of hydrogen-bond donors (Lipinski definition) is 1. The number of ether oxygens (including phenoxy) is 1. The molecule has 1 fully saturated rings. The highest BCUT2D eigenvalue weighted by molar-refractivity contribution is 5.93. The summed E-state index contributed by atoms with van der Waals surface area (Å²) in [5.74, 6) is -10.9. The lowest BCUT2D eigenvalue weighted by molar-refractivity contribution is -0.130. The molecule has 0 aliphatic heterocycles. The van der Waals surface area contributed by atoms with Crippen molar-refractivity contribution in [2.24, 2.45) is 0 Å². The predicted octanol–water partition coefficient (Wildman–Crippen LogP) is 3.56. The molecule has 0 saturated heterocycles. The number of amides is 1. The number of hydrogen-bond acceptors (Lipinski definition) is 3. The molecule has 0 spiro atoms. The number of nitrogens with one attached hydrogen (secondary N) is 1. The van der Waals surface area contributed by atoms with Gasteiger partial charge in [-0.05, 0) is 31.0 Å². The van der Waals surface area contributed by atoms with Crippen LogP contribution in [0.1, 0.15) is 34.9 Å². The van der Waals surface area contributed by atoms with Crippen molar-refractivity contribution in [3.05, 3.63) is 70.5 Å². The smallest absolute Gasteiger partial charge is 0.342 e. The second-order valence-electron chi connectivity index (χ2n) is 5.97. The van der Waals surface area contributed by atoms with E-state index in [1.165, 1.54) is 12.1 Å². The molecule has 27 heavy (non-hydrogen) atoms. The summed E-state index contributed by atoms with van der Waals surface area (Å²) in [6, 6.07) is 4.38. The average Bonchev–Trinajstić information content (AvgIpc) is 3.45. The Hall–Kier alpha value is -2.97. The summed E-state index contributed by atoms with van der Waals surface area (Å²) in [6.45, 7) is 0. The van der Waals surface area contributed by atoms with Gasteiger partial charge in [-0.1, -0.05) is 12.1 Å². The summed E-state index contributed by atoms with van der Waals surface area (Å²) >= 11 is 0. The number of carbonyl (C=O) groups is 2. The van der Waals surface area contributed by atoms with Gasteiger partial charge in [0.1, 0.15) is 11.4 Å². The minimum Gasteiger partial charge on any atom is -0.444 e. The third-order valence-electron chi connectivity index (χ3n) is 3.88. The van der Waals surface area contributed by atoms with Crippen molar-refractivity contribution in [3.63, 3.8) is 0 Å². The number of halogens is 5. The summed E-state index contributed by atoms with van der Waals surface area (Å²) in [5.41, 5.74) is -1.15. The molecule has 0 unspecified atom stereocenters. The van der Waals surface area contributed by atoms with Gasteiger partial charge < -0.3 is 10.1 Å². The molecule has 1 saturated carbocycles. The molecule has 0 bridgehead atoms. The zero-order valence-electron chi connectivity index (χ0n) is 13.6. The van der Waals surface area contributed by atoms with Crippen LogP contribution in [0.5, 0.6) is 0 Å². The zero-order valence-corrected chi connectivity index (χ0v) is 13.6. The van der Waals surface area contributed by atoms with Crippen LogP contribution in [0.15, 0.2) is 30.3 Å². The predicted molar refractivity (Wildman–Crippen MR) is 82.0 cm³/mol. The lowest BCUT2D eigenvalue weighted by Gasteiger charge is -2.18. The van der Waals surface area contributed by atoms with Crippen LogP contribution in [0.3, 0.4) is 0 Å². The van der Waals surface area contributed by atoms with Crippen molar-refractivity contribution in [1.29, 1.82) is 0 Å². The number of benzene rings is 2. The second-order valence-corrected chi connectivity index (χ2v) is 5.97. The molecule has 3 rings (SSSR count). The van der Waals surface area contributed by atoms with Crippen LogP contribution < -0.4 is 5.32 Å². The number of rotatable bonds is 5. The largest absolute Gasteiger partial charge is 0.444 e.